The number of likely N-dealkylation sites (tertiary alicyclic amines) is 1. The largest absolute Gasteiger partial charge is 0.344 e. The molecule has 20 heavy (non-hydrogen) atoms. The number of H-pyrrole nitrogens is 1. The first-order valence-electron chi connectivity index (χ1n) is 7.13. The lowest BCUT2D eigenvalue weighted by Crippen LogP contribution is -2.23. The van der Waals surface area contributed by atoms with E-state index in [1.54, 1.807) is 12.4 Å². The molecule has 1 atom stereocenters. The van der Waals surface area contributed by atoms with Gasteiger partial charge in [-0.2, -0.15) is 0 Å². The first-order chi connectivity index (χ1) is 9.74. The van der Waals surface area contributed by atoms with Crippen LogP contribution in [-0.2, 0) is 0 Å². The summed E-state index contributed by atoms with van der Waals surface area (Å²) in [5, 5.41) is 0. The summed E-state index contributed by atoms with van der Waals surface area (Å²) in [6.45, 7) is 4.63. The number of aromatic nitrogens is 2. The number of nitrogens with one attached hydrogen (secondary N) is 1. The van der Waals surface area contributed by atoms with E-state index in [1.165, 1.54) is 31.5 Å². The van der Waals surface area contributed by atoms with E-state index < -0.39 is 0 Å². The molecule has 104 valence electrons. The van der Waals surface area contributed by atoms with Crippen molar-refractivity contribution in [1.82, 2.24) is 14.9 Å². The normalized spacial score (nSPS) is 17.2. The molecule has 1 unspecified atom stereocenters. The maximum absolute atomic E-state index is 11.0. The Morgan fingerprint density at radius 1 is 1.25 bits per heavy atom. The number of benzene rings is 1. The standard InChI is InChI=1S/C16H19N3O/c1-12(19-7-2-3-8-19)13-5-4-6-14(9-13)15-10-17-16(20)18-11-15/h4-6,9-12H,2-3,7-8H2,1H3,(H,17,18,20). The van der Waals surface area contributed by atoms with Crippen LogP contribution in [0.2, 0.25) is 0 Å². The first kappa shape index (κ1) is 13.1. The predicted molar refractivity (Wildman–Crippen MR) is 79.5 cm³/mol. The van der Waals surface area contributed by atoms with Crippen LogP contribution in [0.1, 0.15) is 31.4 Å². The summed E-state index contributed by atoms with van der Waals surface area (Å²) in [7, 11) is 0. The molecule has 0 spiro atoms. The van der Waals surface area contributed by atoms with Crippen molar-refractivity contribution < 1.29 is 0 Å². The molecule has 4 nitrogen and oxygen atoms in total. The van der Waals surface area contributed by atoms with Crippen LogP contribution in [0.4, 0.5) is 0 Å². The van der Waals surface area contributed by atoms with Gasteiger partial charge in [0.2, 0.25) is 0 Å². The fraction of sp³-hybridized carbons (Fsp3) is 0.375. The molecule has 4 heteroatoms. The molecular weight excluding hydrogens is 250 g/mol. The van der Waals surface area contributed by atoms with Crippen LogP contribution in [0.15, 0.2) is 41.5 Å². The van der Waals surface area contributed by atoms with E-state index in [1.807, 2.05) is 0 Å². The molecule has 0 bridgehead atoms. The van der Waals surface area contributed by atoms with Gasteiger partial charge in [0.05, 0.1) is 0 Å². The van der Waals surface area contributed by atoms with E-state index in [0.29, 0.717) is 6.04 Å². The van der Waals surface area contributed by atoms with Crippen LogP contribution in [0, 0.1) is 0 Å². The van der Waals surface area contributed by atoms with Gasteiger partial charge in [0, 0.05) is 24.0 Å². The maximum atomic E-state index is 11.0. The molecule has 1 aliphatic heterocycles. The van der Waals surface area contributed by atoms with Gasteiger partial charge in [0.1, 0.15) is 0 Å². The van der Waals surface area contributed by atoms with Gasteiger partial charge >= 0.3 is 5.69 Å². The molecule has 0 amide bonds. The highest BCUT2D eigenvalue weighted by molar-refractivity contribution is 5.62. The van der Waals surface area contributed by atoms with Gasteiger partial charge in [-0.3, -0.25) is 4.90 Å². The Morgan fingerprint density at radius 2 is 2.05 bits per heavy atom. The second-order valence-electron chi connectivity index (χ2n) is 5.35. The number of nitrogens with zero attached hydrogens (tertiary/aromatic N) is 2. The molecule has 2 aromatic rings. The highest BCUT2D eigenvalue weighted by Gasteiger charge is 2.19. The lowest BCUT2D eigenvalue weighted by Gasteiger charge is -2.24. The molecule has 1 aromatic heterocycles. The second-order valence-corrected chi connectivity index (χ2v) is 5.35. The molecule has 1 aromatic carbocycles. The van der Waals surface area contributed by atoms with Crippen molar-refractivity contribution in [2.24, 2.45) is 0 Å². The lowest BCUT2D eigenvalue weighted by molar-refractivity contribution is 0.263. The molecule has 0 radical (unpaired) electrons. The minimum Gasteiger partial charge on any atom is -0.312 e. The second kappa shape index (κ2) is 5.59. The van der Waals surface area contributed by atoms with Gasteiger partial charge in [-0.05, 0) is 50.0 Å². The van der Waals surface area contributed by atoms with Crippen molar-refractivity contribution in [3.63, 3.8) is 0 Å². The smallest absolute Gasteiger partial charge is 0.312 e. The van der Waals surface area contributed by atoms with E-state index in [9.17, 15) is 4.79 Å². The van der Waals surface area contributed by atoms with Gasteiger partial charge < -0.3 is 4.98 Å². The topological polar surface area (TPSA) is 49.0 Å². The number of hydrogen-bond donors (Lipinski definition) is 1. The minimum atomic E-state index is -0.310. The Hall–Kier alpha value is -1.94. The quantitative estimate of drug-likeness (QED) is 0.931. The van der Waals surface area contributed by atoms with Crippen molar-refractivity contribution in [2.75, 3.05) is 13.1 Å². The van der Waals surface area contributed by atoms with E-state index in [4.69, 9.17) is 0 Å². The number of aromatic amines is 1. The molecule has 1 saturated heterocycles. The molecule has 1 fully saturated rings. The Labute approximate surface area is 118 Å². The highest BCUT2D eigenvalue weighted by atomic mass is 16.1. The molecule has 3 rings (SSSR count). The zero-order chi connectivity index (χ0) is 13.9. The average Bonchev–Trinajstić information content (AvgIpc) is 3.01. The number of rotatable bonds is 3. The van der Waals surface area contributed by atoms with Gasteiger partial charge in [-0.25, -0.2) is 9.78 Å². The summed E-state index contributed by atoms with van der Waals surface area (Å²) < 4.78 is 0. The molecular formula is C16H19N3O. The van der Waals surface area contributed by atoms with Crippen molar-refractivity contribution >= 4 is 0 Å². The summed E-state index contributed by atoms with van der Waals surface area (Å²) in [6, 6.07) is 8.93. The van der Waals surface area contributed by atoms with Crippen LogP contribution in [0.3, 0.4) is 0 Å². The highest BCUT2D eigenvalue weighted by Crippen LogP contribution is 2.27. The zero-order valence-corrected chi connectivity index (χ0v) is 11.7. The minimum absolute atomic E-state index is 0.310. The van der Waals surface area contributed by atoms with E-state index in [0.717, 1.165) is 11.1 Å². The number of hydrogen-bond acceptors (Lipinski definition) is 3. The maximum Gasteiger partial charge on any atom is 0.344 e. The fourth-order valence-electron chi connectivity index (χ4n) is 2.82. The summed E-state index contributed by atoms with van der Waals surface area (Å²) in [4.78, 5) is 20.0. The van der Waals surface area contributed by atoms with Crippen LogP contribution in [-0.4, -0.2) is 28.0 Å². The van der Waals surface area contributed by atoms with Crippen LogP contribution >= 0.6 is 0 Å². The van der Waals surface area contributed by atoms with Gasteiger partial charge in [-0.15, -0.1) is 0 Å². The zero-order valence-electron chi connectivity index (χ0n) is 11.7. The van der Waals surface area contributed by atoms with Crippen molar-refractivity contribution in [2.45, 2.75) is 25.8 Å². The summed E-state index contributed by atoms with van der Waals surface area (Å²) in [6.07, 6.45) is 5.94. The Bertz CT molecular complexity index is 624. The predicted octanol–water partition coefficient (Wildman–Crippen LogP) is 2.59. The van der Waals surface area contributed by atoms with Gasteiger partial charge in [0.25, 0.3) is 0 Å². The van der Waals surface area contributed by atoms with E-state index in [2.05, 4.69) is 46.1 Å². The molecule has 0 aliphatic carbocycles. The molecule has 0 saturated carbocycles. The fourth-order valence-corrected chi connectivity index (χ4v) is 2.82. The lowest BCUT2D eigenvalue weighted by atomic mass is 10.0. The Kier molecular flexibility index (Phi) is 3.65. The molecule has 1 N–H and O–H groups in total. The first-order valence-corrected chi connectivity index (χ1v) is 7.13. The van der Waals surface area contributed by atoms with Crippen LogP contribution in [0.25, 0.3) is 11.1 Å². The monoisotopic (exact) mass is 269 g/mol. The summed E-state index contributed by atoms with van der Waals surface area (Å²) in [5.41, 5.74) is 3.04. The van der Waals surface area contributed by atoms with Crippen molar-refractivity contribution in [3.05, 3.63) is 52.7 Å². The molecule has 2 heterocycles. The average molecular weight is 269 g/mol. The van der Waals surface area contributed by atoms with Gasteiger partial charge in [-0.1, -0.05) is 18.2 Å². The SMILES string of the molecule is CC(c1cccc(-c2cnc(=O)[nH]c2)c1)N1CCCC1. The summed E-state index contributed by atoms with van der Waals surface area (Å²) >= 11 is 0. The summed E-state index contributed by atoms with van der Waals surface area (Å²) in [5.74, 6) is 0. The van der Waals surface area contributed by atoms with E-state index in [-0.39, 0.29) is 5.69 Å². The Morgan fingerprint density at radius 3 is 2.75 bits per heavy atom. The third kappa shape index (κ3) is 2.65. The third-order valence-electron chi connectivity index (χ3n) is 4.06. The van der Waals surface area contributed by atoms with Crippen LogP contribution < -0.4 is 5.69 Å². The van der Waals surface area contributed by atoms with Crippen molar-refractivity contribution in [3.8, 4) is 11.1 Å². The molecule has 1 aliphatic rings. The van der Waals surface area contributed by atoms with E-state index >= 15 is 0 Å². The van der Waals surface area contributed by atoms with Crippen LogP contribution in [0.5, 0.6) is 0 Å². The van der Waals surface area contributed by atoms with Crippen molar-refractivity contribution in [1.29, 1.82) is 0 Å². The Balaban J connectivity index is 1.88. The third-order valence-corrected chi connectivity index (χ3v) is 4.06. The van der Waals surface area contributed by atoms with Gasteiger partial charge in [0.15, 0.2) is 0 Å².